The van der Waals surface area contributed by atoms with Crippen molar-refractivity contribution in [2.75, 3.05) is 39.2 Å². The third kappa shape index (κ3) is 6.62. The van der Waals surface area contributed by atoms with Gasteiger partial charge < -0.3 is 34.9 Å². The lowest BCUT2D eigenvalue weighted by atomic mass is 10.0. The number of methoxy groups -OCH3 is 1. The number of carbonyl (C=O) groups is 1. The van der Waals surface area contributed by atoms with E-state index in [9.17, 15) is 9.90 Å². The van der Waals surface area contributed by atoms with Crippen LogP contribution in [0, 0.1) is 5.82 Å². The first kappa shape index (κ1) is 28.8. The highest BCUT2D eigenvalue weighted by molar-refractivity contribution is 6.31. The quantitative estimate of drug-likeness (QED) is 0.322. The zero-order chi connectivity index (χ0) is 29.1. The van der Waals surface area contributed by atoms with Crippen molar-refractivity contribution in [1.82, 2.24) is 25.5 Å². The summed E-state index contributed by atoms with van der Waals surface area (Å²) in [5, 5.41) is 19.7. The zero-order valence-electron chi connectivity index (χ0n) is 22.9. The van der Waals surface area contributed by atoms with Gasteiger partial charge in [-0.15, -0.1) is 0 Å². The second-order valence-electron chi connectivity index (χ2n) is 10.1. The van der Waals surface area contributed by atoms with Crippen molar-refractivity contribution in [3.63, 3.8) is 0 Å². The fourth-order valence-corrected chi connectivity index (χ4v) is 4.87. The van der Waals surface area contributed by atoms with E-state index in [4.69, 9.17) is 25.8 Å². The lowest BCUT2D eigenvalue weighted by Gasteiger charge is -2.29. The Morgan fingerprint density at radius 2 is 2.05 bits per heavy atom. The maximum Gasteiger partial charge on any atom is 0.254 e. The van der Waals surface area contributed by atoms with Gasteiger partial charge in [-0.25, -0.2) is 9.37 Å². The minimum absolute atomic E-state index is 0.00405. The zero-order valence-corrected chi connectivity index (χ0v) is 23.7. The van der Waals surface area contributed by atoms with Gasteiger partial charge in [0.25, 0.3) is 5.91 Å². The molecular weight excluding hydrogens is 555 g/mol. The number of likely N-dealkylation sites (tertiary alicyclic amines) is 1. The van der Waals surface area contributed by atoms with Gasteiger partial charge in [-0.2, -0.15) is 4.98 Å². The summed E-state index contributed by atoms with van der Waals surface area (Å²) < 4.78 is 32.4. The molecule has 1 saturated heterocycles. The van der Waals surface area contributed by atoms with Crippen LogP contribution >= 0.6 is 11.6 Å². The van der Waals surface area contributed by atoms with Gasteiger partial charge in [-0.05, 0) is 58.1 Å². The van der Waals surface area contributed by atoms with E-state index < -0.39 is 18.0 Å². The molecule has 1 fully saturated rings. The Hall–Kier alpha value is -3.71. The summed E-state index contributed by atoms with van der Waals surface area (Å²) in [6.07, 6.45) is 1.88. The molecule has 0 saturated carbocycles. The largest absolute Gasteiger partial charge is 0.495 e. The van der Waals surface area contributed by atoms with Gasteiger partial charge in [0.1, 0.15) is 40.9 Å². The molecule has 1 aromatic heterocycles. The maximum atomic E-state index is 15.1. The number of aliphatic hydroxyl groups is 1. The van der Waals surface area contributed by atoms with E-state index >= 15 is 4.39 Å². The van der Waals surface area contributed by atoms with Crippen molar-refractivity contribution >= 4 is 29.1 Å². The average molecular weight is 587 g/mol. The Morgan fingerprint density at radius 1 is 1.27 bits per heavy atom. The number of amides is 1. The van der Waals surface area contributed by atoms with E-state index in [-0.39, 0.29) is 51.7 Å². The summed E-state index contributed by atoms with van der Waals surface area (Å²) in [7, 11) is 3.44. The minimum atomic E-state index is -1.04. The number of carbonyl (C=O) groups excluding carboxylic acids is 1. The van der Waals surface area contributed by atoms with Gasteiger partial charge in [0, 0.05) is 18.2 Å². The summed E-state index contributed by atoms with van der Waals surface area (Å²) in [5.41, 5.74) is 0.476. The molecule has 2 atom stereocenters. The lowest BCUT2D eigenvalue weighted by Crippen LogP contribution is -2.43. The fraction of sp³-hybridized carbons (Fsp3) is 0.393. The predicted molar refractivity (Wildman–Crippen MR) is 151 cm³/mol. The van der Waals surface area contributed by atoms with Gasteiger partial charge in [0.15, 0.2) is 0 Å². The van der Waals surface area contributed by atoms with Crippen molar-refractivity contribution < 1.29 is 28.5 Å². The molecule has 41 heavy (non-hydrogen) atoms. The summed E-state index contributed by atoms with van der Waals surface area (Å²) in [6, 6.07) is 7.49. The first-order chi connectivity index (χ1) is 19.7. The summed E-state index contributed by atoms with van der Waals surface area (Å²) in [5.74, 6) is -0.229. The number of ether oxygens (including phenoxy) is 3. The molecule has 5 rings (SSSR count). The highest BCUT2D eigenvalue weighted by Gasteiger charge is 2.26. The second kappa shape index (κ2) is 12.4. The molecular formula is C28H32ClFN6O5. The van der Waals surface area contributed by atoms with Crippen molar-refractivity contribution in [3.8, 4) is 23.1 Å². The number of nitrogens with one attached hydrogen (secondary N) is 3. The molecule has 4 N–H and O–H groups in total. The lowest BCUT2D eigenvalue weighted by molar-refractivity contribution is 0.0912. The number of fused-ring (bicyclic) bond motifs is 1. The van der Waals surface area contributed by atoms with Gasteiger partial charge >= 0.3 is 0 Å². The number of piperidine rings is 1. The molecule has 3 aromatic rings. The summed E-state index contributed by atoms with van der Waals surface area (Å²) in [4.78, 5) is 23.5. The van der Waals surface area contributed by atoms with Gasteiger partial charge in [-0.1, -0.05) is 17.7 Å². The second-order valence-corrected chi connectivity index (χ2v) is 10.5. The van der Waals surface area contributed by atoms with Crippen LogP contribution in [0.2, 0.25) is 5.02 Å². The normalized spacial score (nSPS) is 19.5. The number of nitrogens with zero attached hydrogens (tertiary/aromatic N) is 3. The number of benzene rings is 2. The molecule has 2 aliphatic heterocycles. The molecule has 2 aromatic carbocycles. The number of aromatic nitrogens is 2. The molecule has 1 amide bonds. The topological polar surface area (TPSA) is 130 Å². The van der Waals surface area contributed by atoms with Crippen molar-refractivity contribution in [2.45, 2.75) is 38.1 Å². The molecule has 13 heteroatoms. The van der Waals surface area contributed by atoms with Crippen LogP contribution in [0.1, 0.15) is 41.9 Å². The number of aliphatic hydroxyl groups excluding tert-OH is 1. The number of halogens is 2. The van der Waals surface area contributed by atoms with E-state index in [0.717, 1.165) is 32.0 Å². The molecule has 3 heterocycles. The highest BCUT2D eigenvalue weighted by atomic mass is 35.5. The Balaban J connectivity index is 1.36. The van der Waals surface area contributed by atoms with Gasteiger partial charge in [0.05, 0.1) is 30.1 Å². The summed E-state index contributed by atoms with van der Waals surface area (Å²) >= 11 is 6.33. The Bertz CT molecular complexity index is 1420. The SMILES string of the molecule is COc1cc(C(=O)NC2CCN(C)CC2)c(F)cc1Nc1ncc(Cl)c(Oc2cccc3c2C(O)N[C@@H](C)CO3)n1. The monoisotopic (exact) mass is 586 g/mol. The molecule has 2 aliphatic rings. The van der Waals surface area contributed by atoms with Gasteiger partial charge in [-0.3, -0.25) is 10.1 Å². The number of rotatable bonds is 7. The standard InChI is InChI=1S/C28H32ClFN6O5/c1-15-14-40-21-5-4-6-22(24(21)26(38)32-15)41-27-18(29)13-31-28(35-27)34-20-12-19(30)17(11-23(20)39-3)25(37)33-16-7-9-36(2)10-8-16/h4-6,11-13,15-16,26,32,38H,7-10,14H2,1-3H3,(H,33,37)(H,31,34,35)/t15-,26?/m0/s1. The third-order valence-corrected chi connectivity index (χ3v) is 7.24. The van der Waals surface area contributed by atoms with Crippen LogP contribution in [-0.4, -0.2) is 71.8 Å². The van der Waals surface area contributed by atoms with E-state index in [2.05, 4.69) is 30.8 Å². The van der Waals surface area contributed by atoms with E-state index in [1.165, 1.54) is 19.4 Å². The molecule has 11 nitrogen and oxygen atoms in total. The first-order valence-electron chi connectivity index (χ1n) is 13.3. The average Bonchev–Trinajstić information content (AvgIpc) is 3.09. The highest BCUT2D eigenvalue weighted by Crippen LogP contribution is 2.39. The Labute approximate surface area is 242 Å². The van der Waals surface area contributed by atoms with Crippen molar-refractivity contribution in [3.05, 3.63) is 58.5 Å². The number of hydrogen-bond donors (Lipinski definition) is 4. The predicted octanol–water partition coefficient (Wildman–Crippen LogP) is 4.00. The fourth-order valence-electron chi connectivity index (χ4n) is 4.74. The smallest absolute Gasteiger partial charge is 0.254 e. The molecule has 218 valence electrons. The maximum absolute atomic E-state index is 15.1. The molecule has 0 bridgehead atoms. The van der Waals surface area contributed by atoms with Crippen molar-refractivity contribution in [2.24, 2.45) is 0 Å². The molecule has 0 spiro atoms. The molecule has 1 unspecified atom stereocenters. The number of anilines is 2. The van der Waals surface area contributed by atoms with Crippen LogP contribution in [0.25, 0.3) is 0 Å². The van der Waals surface area contributed by atoms with Crippen molar-refractivity contribution in [1.29, 1.82) is 0 Å². The van der Waals surface area contributed by atoms with E-state index in [1.54, 1.807) is 18.2 Å². The third-order valence-electron chi connectivity index (χ3n) is 6.98. The van der Waals surface area contributed by atoms with Crippen LogP contribution < -0.4 is 30.2 Å². The van der Waals surface area contributed by atoms with Crippen LogP contribution in [0.5, 0.6) is 23.1 Å². The summed E-state index contributed by atoms with van der Waals surface area (Å²) in [6.45, 7) is 3.99. The first-order valence-corrected chi connectivity index (χ1v) is 13.6. The van der Waals surface area contributed by atoms with Crippen LogP contribution in [0.3, 0.4) is 0 Å². The minimum Gasteiger partial charge on any atom is -0.495 e. The Kier molecular flexibility index (Phi) is 8.74. The molecule has 0 radical (unpaired) electrons. The van der Waals surface area contributed by atoms with Crippen LogP contribution in [0.15, 0.2) is 36.5 Å². The number of hydrogen-bond acceptors (Lipinski definition) is 10. The van der Waals surface area contributed by atoms with E-state index in [0.29, 0.717) is 17.9 Å². The van der Waals surface area contributed by atoms with Crippen LogP contribution in [-0.2, 0) is 0 Å². The van der Waals surface area contributed by atoms with E-state index in [1.807, 2.05) is 14.0 Å². The van der Waals surface area contributed by atoms with Crippen LogP contribution in [0.4, 0.5) is 16.0 Å². The molecule has 0 aliphatic carbocycles. The Morgan fingerprint density at radius 3 is 2.80 bits per heavy atom. The van der Waals surface area contributed by atoms with Gasteiger partial charge in [0.2, 0.25) is 11.8 Å².